The third-order valence-corrected chi connectivity index (χ3v) is 4.79. The van der Waals surface area contributed by atoms with E-state index in [1.54, 1.807) is 7.05 Å². The fourth-order valence-electron chi connectivity index (χ4n) is 3.30. The second-order valence-electron chi connectivity index (χ2n) is 6.45. The molecular formula is C18H27N3O2. The molecule has 0 spiro atoms. The van der Waals surface area contributed by atoms with Crippen LogP contribution >= 0.6 is 0 Å². The summed E-state index contributed by atoms with van der Waals surface area (Å²) in [6.45, 7) is 3.69. The summed E-state index contributed by atoms with van der Waals surface area (Å²) in [4.78, 5) is 23.3. The number of carbonyl (C=O) groups is 2. The van der Waals surface area contributed by atoms with E-state index in [-0.39, 0.29) is 11.9 Å². The van der Waals surface area contributed by atoms with E-state index < -0.39 is 0 Å². The van der Waals surface area contributed by atoms with E-state index >= 15 is 0 Å². The van der Waals surface area contributed by atoms with Gasteiger partial charge in [0.15, 0.2) is 0 Å². The van der Waals surface area contributed by atoms with Crippen molar-refractivity contribution in [2.45, 2.75) is 26.2 Å². The van der Waals surface area contributed by atoms with Gasteiger partial charge in [0.1, 0.15) is 0 Å². The third-order valence-electron chi connectivity index (χ3n) is 4.79. The Bertz CT molecular complexity index is 518. The van der Waals surface area contributed by atoms with Crippen molar-refractivity contribution in [3.8, 4) is 0 Å². The highest BCUT2D eigenvalue weighted by Gasteiger charge is 2.27. The normalized spacial score (nSPS) is 23.8. The number of benzene rings is 1. The predicted octanol–water partition coefficient (Wildman–Crippen LogP) is 2.40. The molecule has 5 heteroatoms. The molecule has 1 aliphatic rings. The number of nitrogens with one attached hydrogen (secondary N) is 3. The summed E-state index contributed by atoms with van der Waals surface area (Å²) < 4.78 is 0. The first-order valence-electron chi connectivity index (χ1n) is 8.39. The van der Waals surface area contributed by atoms with Crippen LogP contribution in [-0.2, 0) is 0 Å². The molecule has 2 rings (SSSR count). The van der Waals surface area contributed by atoms with Gasteiger partial charge in [-0.15, -0.1) is 0 Å². The van der Waals surface area contributed by atoms with Crippen LogP contribution in [0.25, 0.3) is 0 Å². The fourth-order valence-corrected chi connectivity index (χ4v) is 3.30. The molecule has 1 aromatic rings. The van der Waals surface area contributed by atoms with Gasteiger partial charge in [-0.1, -0.05) is 25.1 Å². The van der Waals surface area contributed by atoms with E-state index in [1.165, 1.54) is 0 Å². The van der Waals surface area contributed by atoms with Crippen molar-refractivity contribution < 1.29 is 9.59 Å². The van der Waals surface area contributed by atoms with Gasteiger partial charge in [-0.2, -0.15) is 0 Å². The van der Waals surface area contributed by atoms with Gasteiger partial charge in [0.25, 0.3) is 5.91 Å². The highest BCUT2D eigenvalue weighted by Crippen LogP contribution is 2.33. The minimum absolute atomic E-state index is 0.00154. The lowest BCUT2D eigenvalue weighted by molar-refractivity contribution is 0.0934. The minimum Gasteiger partial charge on any atom is -0.352 e. The molecular weight excluding hydrogens is 290 g/mol. The van der Waals surface area contributed by atoms with Gasteiger partial charge in [0.05, 0.1) is 0 Å². The summed E-state index contributed by atoms with van der Waals surface area (Å²) in [5.74, 6) is 1.60. The average molecular weight is 317 g/mol. The molecule has 3 unspecified atom stereocenters. The summed E-state index contributed by atoms with van der Waals surface area (Å²) in [5, 5.41) is 8.52. The fraction of sp³-hybridized carbons (Fsp3) is 0.556. The van der Waals surface area contributed by atoms with Crippen molar-refractivity contribution in [2.75, 3.05) is 20.1 Å². The summed E-state index contributed by atoms with van der Waals surface area (Å²) in [7, 11) is 1.63. The summed E-state index contributed by atoms with van der Waals surface area (Å²) in [5.41, 5.74) is 0.712. The molecule has 1 saturated carbocycles. The van der Waals surface area contributed by atoms with Gasteiger partial charge in [-0.3, -0.25) is 4.79 Å². The number of hydrogen-bond acceptors (Lipinski definition) is 2. The van der Waals surface area contributed by atoms with E-state index in [4.69, 9.17) is 0 Å². The Hall–Kier alpha value is -2.04. The van der Waals surface area contributed by atoms with Crippen molar-refractivity contribution in [3.05, 3.63) is 35.9 Å². The van der Waals surface area contributed by atoms with E-state index in [0.717, 1.165) is 32.4 Å². The van der Waals surface area contributed by atoms with Crippen LogP contribution in [0.15, 0.2) is 30.3 Å². The number of rotatable bonds is 5. The highest BCUT2D eigenvalue weighted by atomic mass is 16.2. The zero-order valence-corrected chi connectivity index (χ0v) is 14.0. The average Bonchev–Trinajstić information content (AvgIpc) is 2.59. The van der Waals surface area contributed by atoms with Gasteiger partial charge in [0, 0.05) is 25.7 Å². The minimum atomic E-state index is -0.116. The lowest BCUT2D eigenvalue weighted by Crippen LogP contribution is -2.40. The molecule has 1 aromatic carbocycles. The number of amides is 3. The highest BCUT2D eigenvalue weighted by molar-refractivity contribution is 5.94. The SMILES string of the molecule is CNC(=O)NCC1CCC(CNC(=O)c2ccccc2)CC1C. The first-order valence-corrected chi connectivity index (χ1v) is 8.39. The van der Waals surface area contributed by atoms with E-state index in [1.807, 2.05) is 30.3 Å². The number of carbonyl (C=O) groups excluding carboxylic acids is 2. The maximum atomic E-state index is 12.1. The largest absolute Gasteiger partial charge is 0.352 e. The molecule has 0 saturated heterocycles. The molecule has 23 heavy (non-hydrogen) atoms. The van der Waals surface area contributed by atoms with E-state index in [9.17, 15) is 9.59 Å². The first-order chi connectivity index (χ1) is 11.1. The molecule has 3 N–H and O–H groups in total. The van der Waals surface area contributed by atoms with Crippen LogP contribution in [0.4, 0.5) is 4.79 Å². The zero-order chi connectivity index (χ0) is 16.7. The monoisotopic (exact) mass is 317 g/mol. The summed E-state index contributed by atoms with van der Waals surface area (Å²) >= 11 is 0. The first kappa shape index (κ1) is 17.3. The molecule has 0 heterocycles. The van der Waals surface area contributed by atoms with Crippen LogP contribution in [0.2, 0.25) is 0 Å². The van der Waals surface area contributed by atoms with E-state index in [0.29, 0.717) is 23.3 Å². The summed E-state index contributed by atoms with van der Waals surface area (Å²) in [6.07, 6.45) is 3.28. The molecule has 3 amide bonds. The van der Waals surface area contributed by atoms with Crippen LogP contribution in [0.5, 0.6) is 0 Å². The maximum Gasteiger partial charge on any atom is 0.314 e. The summed E-state index contributed by atoms with van der Waals surface area (Å²) in [6, 6.07) is 9.21. The lowest BCUT2D eigenvalue weighted by atomic mass is 9.75. The molecule has 5 nitrogen and oxygen atoms in total. The Morgan fingerprint density at radius 2 is 1.83 bits per heavy atom. The smallest absolute Gasteiger partial charge is 0.314 e. The predicted molar refractivity (Wildman–Crippen MR) is 91.2 cm³/mol. The van der Waals surface area contributed by atoms with Gasteiger partial charge < -0.3 is 16.0 Å². The standard InChI is InChI=1S/C18H27N3O2/c1-13-10-14(8-9-16(13)12-21-18(23)19-2)11-20-17(22)15-6-4-3-5-7-15/h3-7,13-14,16H,8-12H2,1-2H3,(H,20,22)(H2,19,21,23). The quantitative estimate of drug-likeness (QED) is 0.780. The molecule has 1 aliphatic carbocycles. The Balaban J connectivity index is 1.73. The molecule has 126 valence electrons. The van der Waals surface area contributed by atoms with Gasteiger partial charge in [0.2, 0.25) is 0 Å². The topological polar surface area (TPSA) is 70.2 Å². The molecule has 0 radical (unpaired) electrons. The molecule has 1 fully saturated rings. The zero-order valence-electron chi connectivity index (χ0n) is 14.0. The second-order valence-corrected chi connectivity index (χ2v) is 6.45. The Labute approximate surface area is 138 Å². The molecule has 0 aliphatic heterocycles. The lowest BCUT2D eigenvalue weighted by Gasteiger charge is -2.34. The maximum absolute atomic E-state index is 12.1. The molecule has 3 atom stereocenters. The van der Waals surface area contributed by atoms with Crippen molar-refractivity contribution in [2.24, 2.45) is 17.8 Å². The number of hydrogen-bond donors (Lipinski definition) is 3. The van der Waals surface area contributed by atoms with Gasteiger partial charge >= 0.3 is 6.03 Å². The second kappa shape index (κ2) is 8.56. The van der Waals surface area contributed by atoms with Crippen molar-refractivity contribution >= 4 is 11.9 Å². The van der Waals surface area contributed by atoms with Crippen LogP contribution in [0.1, 0.15) is 36.5 Å². The van der Waals surface area contributed by atoms with Crippen LogP contribution in [0.3, 0.4) is 0 Å². The number of urea groups is 1. The van der Waals surface area contributed by atoms with Crippen LogP contribution in [0, 0.1) is 17.8 Å². The van der Waals surface area contributed by atoms with Crippen LogP contribution in [-0.4, -0.2) is 32.1 Å². The van der Waals surface area contributed by atoms with Crippen molar-refractivity contribution in [1.29, 1.82) is 0 Å². The van der Waals surface area contributed by atoms with Crippen molar-refractivity contribution in [1.82, 2.24) is 16.0 Å². The Morgan fingerprint density at radius 3 is 2.48 bits per heavy atom. The van der Waals surface area contributed by atoms with Crippen LogP contribution < -0.4 is 16.0 Å². The molecule has 0 bridgehead atoms. The third kappa shape index (κ3) is 5.27. The van der Waals surface area contributed by atoms with E-state index in [2.05, 4.69) is 22.9 Å². The molecule has 0 aromatic heterocycles. The van der Waals surface area contributed by atoms with Gasteiger partial charge in [-0.05, 0) is 49.1 Å². The van der Waals surface area contributed by atoms with Crippen molar-refractivity contribution in [3.63, 3.8) is 0 Å². The Morgan fingerprint density at radius 1 is 1.09 bits per heavy atom. The van der Waals surface area contributed by atoms with Gasteiger partial charge in [-0.25, -0.2) is 4.79 Å². The Kier molecular flexibility index (Phi) is 6.44.